The Morgan fingerprint density at radius 2 is 2.47 bits per heavy atom. The standard InChI is InChI=1S/C13H19NO2S/c1-2-5-16-11-7-10(8-14-9-11)13(15)12-4-3-6-17-12/h7-9,12-13,15H,2-6H2,1H3. The van der Waals surface area contributed by atoms with Gasteiger partial charge in [0.05, 0.1) is 18.9 Å². The van der Waals surface area contributed by atoms with Gasteiger partial charge in [-0.15, -0.1) is 0 Å². The molecule has 94 valence electrons. The molecule has 1 aromatic heterocycles. The second kappa shape index (κ2) is 6.26. The molecule has 4 heteroatoms. The Bertz CT molecular complexity index is 353. The lowest BCUT2D eigenvalue weighted by Gasteiger charge is -2.17. The number of ether oxygens (including phenoxy) is 1. The Labute approximate surface area is 107 Å². The molecule has 3 nitrogen and oxygen atoms in total. The third-order valence-electron chi connectivity index (χ3n) is 2.87. The summed E-state index contributed by atoms with van der Waals surface area (Å²) in [6, 6.07) is 1.91. The number of rotatable bonds is 5. The number of aliphatic hydroxyl groups is 1. The lowest BCUT2D eigenvalue weighted by Crippen LogP contribution is -2.12. The average Bonchev–Trinajstić information content (AvgIpc) is 2.89. The van der Waals surface area contributed by atoms with Crippen LogP contribution >= 0.6 is 11.8 Å². The van der Waals surface area contributed by atoms with Gasteiger partial charge in [-0.3, -0.25) is 4.98 Å². The van der Waals surface area contributed by atoms with Crippen molar-refractivity contribution >= 4 is 11.8 Å². The van der Waals surface area contributed by atoms with Crippen LogP contribution in [-0.4, -0.2) is 27.7 Å². The summed E-state index contributed by atoms with van der Waals surface area (Å²) in [4.78, 5) is 4.14. The monoisotopic (exact) mass is 253 g/mol. The fourth-order valence-electron chi connectivity index (χ4n) is 1.96. The highest BCUT2D eigenvalue weighted by Crippen LogP contribution is 2.36. The zero-order valence-corrected chi connectivity index (χ0v) is 10.9. The van der Waals surface area contributed by atoms with Crippen LogP contribution in [0.3, 0.4) is 0 Å². The second-order valence-electron chi connectivity index (χ2n) is 4.30. The molecule has 1 fully saturated rings. The molecule has 1 aliphatic rings. The van der Waals surface area contributed by atoms with E-state index >= 15 is 0 Å². The second-order valence-corrected chi connectivity index (χ2v) is 5.65. The summed E-state index contributed by atoms with van der Waals surface area (Å²) in [7, 11) is 0. The normalized spacial score (nSPS) is 21.4. The number of thioether (sulfide) groups is 1. The molecule has 0 saturated carbocycles. The van der Waals surface area contributed by atoms with Gasteiger partial charge in [0.1, 0.15) is 5.75 Å². The van der Waals surface area contributed by atoms with Gasteiger partial charge in [-0.2, -0.15) is 11.8 Å². The first kappa shape index (κ1) is 12.7. The quantitative estimate of drug-likeness (QED) is 0.876. The van der Waals surface area contributed by atoms with Gasteiger partial charge in [0.2, 0.25) is 0 Å². The molecule has 0 aromatic carbocycles. The molecular weight excluding hydrogens is 234 g/mol. The number of pyridine rings is 1. The number of aromatic nitrogens is 1. The van der Waals surface area contributed by atoms with Crippen LogP contribution in [0.15, 0.2) is 18.5 Å². The molecule has 1 aromatic rings. The van der Waals surface area contributed by atoms with Crippen LogP contribution in [-0.2, 0) is 0 Å². The van der Waals surface area contributed by atoms with Crippen LogP contribution in [0.4, 0.5) is 0 Å². The Kier molecular flexibility index (Phi) is 4.68. The van der Waals surface area contributed by atoms with Crippen LogP contribution in [0.25, 0.3) is 0 Å². The molecule has 1 aliphatic heterocycles. The molecule has 0 radical (unpaired) electrons. The van der Waals surface area contributed by atoms with E-state index in [1.54, 1.807) is 12.4 Å². The molecular formula is C13H19NO2S. The summed E-state index contributed by atoms with van der Waals surface area (Å²) in [6.07, 6.45) is 6.29. The van der Waals surface area contributed by atoms with Gasteiger partial charge in [0.15, 0.2) is 0 Å². The highest BCUT2D eigenvalue weighted by Gasteiger charge is 2.25. The molecule has 2 heterocycles. The first-order valence-corrected chi connectivity index (χ1v) is 7.23. The highest BCUT2D eigenvalue weighted by molar-refractivity contribution is 8.00. The van der Waals surface area contributed by atoms with Crippen LogP contribution < -0.4 is 4.74 Å². The molecule has 0 spiro atoms. The van der Waals surface area contributed by atoms with E-state index in [4.69, 9.17) is 4.74 Å². The van der Waals surface area contributed by atoms with Crippen molar-refractivity contribution in [2.24, 2.45) is 0 Å². The van der Waals surface area contributed by atoms with Gasteiger partial charge >= 0.3 is 0 Å². The first-order valence-electron chi connectivity index (χ1n) is 6.18. The minimum Gasteiger partial charge on any atom is -0.492 e. The summed E-state index contributed by atoms with van der Waals surface area (Å²) >= 11 is 1.85. The first-order chi connectivity index (χ1) is 8.31. The molecule has 0 aliphatic carbocycles. The van der Waals surface area contributed by atoms with Crippen molar-refractivity contribution in [2.75, 3.05) is 12.4 Å². The van der Waals surface area contributed by atoms with Crippen molar-refractivity contribution in [1.82, 2.24) is 4.98 Å². The van der Waals surface area contributed by atoms with Gasteiger partial charge in [-0.1, -0.05) is 6.92 Å². The number of hydrogen-bond donors (Lipinski definition) is 1. The molecule has 17 heavy (non-hydrogen) atoms. The summed E-state index contributed by atoms with van der Waals surface area (Å²) in [5.41, 5.74) is 0.873. The SMILES string of the molecule is CCCOc1cncc(C(O)C2CCCS2)c1. The third-order valence-corrected chi connectivity index (χ3v) is 4.31. The van der Waals surface area contributed by atoms with Crippen molar-refractivity contribution in [3.8, 4) is 5.75 Å². The largest absolute Gasteiger partial charge is 0.492 e. The van der Waals surface area contributed by atoms with Crippen molar-refractivity contribution in [3.05, 3.63) is 24.0 Å². The molecule has 2 atom stereocenters. The Morgan fingerprint density at radius 1 is 1.59 bits per heavy atom. The minimum atomic E-state index is -0.417. The van der Waals surface area contributed by atoms with Crippen LogP contribution in [0.2, 0.25) is 0 Å². The molecule has 0 bridgehead atoms. The van der Waals surface area contributed by atoms with E-state index < -0.39 is 6.10 Å². The predicted molar refractivity (Wildman–Crippen MR) is 70.5 cm³/mol. The van der Waals surface area contributed by atoms with Crippen molar-refractivity contribution < 1.29 is 9.84 Å². The average molecular weight is 253 g/mol. The topological polar surface area (TPSA) is 42.4 Å². The van der Waals surface area contributed by atoms with E-state index in [0.717, 1.165) is 29.9 Å². The van der Waals surface area contributed by atoms with Crippen molar-refractivity contribution in [1.29, 1.82) is 0 Å². The highest BCUT2D eigenvalue weighted by atomic mass is 32.2. The maximum absolute atomic E-state index is 10.3. The molecule has 2 rings (SSSR count). The van der Waals surface area contributed by atoms with Crippen molar-refractivity contribution in [3.63, 3.8) is 0 Å². The number of aliphatic hydroxyl groups excluding tert-OH is 1. The Balaban J connectivity index is 2.03. The van der Waals surface area contributed by atoms with Crippen LogP contribution in [0.1, 0.15) is 37.9 Å². The molecule has 2 unspecified atom stereocenters. The van der Waals surface area contributed by atoms with Crippen LogP contribution in [0.5, 0.6) is 5.75 Å². The van der Waals surface area contributed by atoms with Gasteiger partial charge < -0.3 is 9.84 Å². The van der Waals surface area contributed by atoms with E-state index in [-0.39, 0.29) is 0 Å². The molecule has 1 saturated heterocycles. The lowest BCUT2D eigenvalue weighted by atomic mass is 10.1. The summed E-state index contributed by atoms with van der Waals surface area (Å²) in [5, 5.41) is 10.6. The summed E-state index contributed by atoms with van der Waals surface area (Å²) in [5.74, 6) is 1.91. The minimum absolute atomic E-state index is 0.318. The lowest BCUT2D eigenvalue weighted by molar-refractivity contribution is 0.172. The number of hydrogen-bond acceptors (Lipinski definition) is 4. The van der Waals surface area contributed by atoms with Gasteiger partial charge in [0.25, 0.3) is 0 Å². The van der Waals surface area contributed by atoms with Gasteiger partial charge in [-0.25, -0.2) is 0 Å². The van der Waals surface area contributed by atoms with Gasteiger partial charge in [-0.05, 0) is 31.1 Å². The fourth-order valence-corrected chi connectivity index (χ4v) is 3.27. The Morgan fingerprint density at radius 3 is 3.18 bits per heavy atom. The maximum atomic E-state index is 10.3. The predicted octanol–water partition coefficient (Wildman–Crippen LogP) is 2.80. The number of nitrogens with zero attached hydrogens (tertiary/aromatic N) is 1. The zero-order valence-electron chi connectivity index (χ0n) is 10.1. The summed E-state index contributed by atoms with van der Waals surface area (Å²) in [6.45, 7) is 2.76. The molecule has 0 amide bonds. The Hall–Kier alpha value is -0.740. The fraction of sp³-hybridized carbons (Fsp3) is 0.615. The third kappa shape index (κ3) is 3.36. The van der Waals surface area contributed by atoms with Gasteiger partial charge in [0, 0.05) is 17.0 Å². The maximum Gasteiger partial charge on any atom is 0.137 e. The van der Waals surface area contributed by atoms with Crippen molar-refractivity contribution in [2.45, 2.75) is 37.5 Å². The molecule has 1 N–H and O–H groups in total. The van der Waals surface area contributed by atoms with E-state index in [1.807, 2.05) is 17.8 Å². The van der Waals surface area contributed by atoms with E-state index in [2.05, 4.69) is 11.9 Å². The zero-order chi connectivity index (χ0) is 12.1. The van der Waals surface area contributed by atoms with Crippen LogP contribution in [0, 0.1) is 0 Å². The van der Waals surface area contributed by atoms with E-state index in [0.29, 0.717) is 11.9 Å². The summed E-state index contributed by atoms with van der Waals surface area (Å²) < 4.78 is 5.53. The van der Waals surface area contributed by atoms with E-state index in [9.17, 15) is 5.11 Å². The van der Waals surface area contributed by atoms with E-state index in [1.165, 1.54) is 6.42 Å². The smallest absolute Gasteiger partial charge is 0.137 e.